The van der Waals surface area contributed by atoms with Gasteiger partial charge in [0.25, 0.3) is 0 Å². The molecule has 0 aliphatic carbocycles. The molecule has 98 valence electrons. The van der Waals surface area contributed by atoms with Crippen LogP contribution >= 0.6 is 0 Å². The van der Waals surface area contributed by atoms with E-state index in [0.717, 1.165) is 25.8 Å². The Bertz CT molecular complexity index is 269. The molecule has 0 aliphatic rings. The van der Waals surface area contributed by atoms with E-state index in [1.165, 1.54) is 7.11 Å². The van der Waals surface area contributed by atoms with E-state index in [-0.39, 0.29) is 17.4 Å². The molecule has 0 aliphatic heterocycles. The number of rotatable bonds is 8. The molecular weight excluding hydrogens is 216 g/mol. The molecule has 4 heteroatoms. The van der Waals surface area contributed by atoms with Crippen LogP contribution in [0.5, 0.6) is 0 Å². The molecule has 0 amide bonds. The predicted molar refractivity (Wildman–Crippen MR) is 67.3 cm³/mol. The number of methoxy groups -OCH3 is 1. The maximum Gasteiger partial charge on any atom is 0.307 e. The average Bonchev–Trinajstić information content (AvgIpc) is 2.28. The van der Waals surface area contributed by atoms with Gasteiger partial charge in [0.1, 0.15) is 0 Å². The van der Waals surface area contributed by atoms with Crippen molar-refractivity contribution in [2.24, 2.45) is 5.41 Å². The second-order valence-electron chi connectivity index (χ2n) is 5.09. The third-order valence-electron chi connectivity index (χ3n) is 2.72. The minimum atomic E-state index is -0.225. The average molecular weight is 240 g/mol. The van der Waals surface area contributed by atoms with Gasteiger partial charge >= 0.3 is 5.97 Å². The van der Waals surface area contributed by atoms with Gasteiger partial charge < -0.3 is 10.1 Å². The van der Waals surface area contributed by atoms with E-state index in [0.29, 0.717) is 6.42 Å². The Balaban J connectivity index is 3.53. The lowest BCUT2D eigenvalue weighted by molar-refractivity contribution is -0.141. The number of carbonyl (C=O) groups is 1. The lowest BCUT2D eigenvalue weighted by Crippen LogP contribution is -2.29. The van der Waals surface area contributed by atoms with Gasteiger partial charge in [-0.1, -0.05) is 6.42 Å². The molecule has 4 nitrogen and oxygen atoms in total. The number of nitrogens with zero attached hydrogens (tertiary/aromatic N) is 1. The highest BCUT2D eigenvalue weighted by Crippen LogP contribution is 2.21. The summed E-state index contributed by atoms with van der Waals surface area (Å²) in [6, 6.07) is 2.44. The van der Waals surface area contributed by atoms with Gasteiger partial charge in [-0.25, -0.2) is 0 Å². The van der Waals surface area contributed by atoms with Crippen molar-refractivity contribution in [2.45, 2.75) is 52.5 Å². The van der Waals surface area contributed by atoms with Crippen LogP contribution in [0.1, 0.15) is 46.5 Å². The van der Waals surface area contributed by atoms with Crippen molar-refractivity contribution in [3.63, 3.8) is 0 Å². The predicted octanol–water partition coefficient (Wildman–Crippen LogP) is 2.25. The van der Waals surface area contributed by atoms with Crippen LogP contribution in [-0.2, 0) is 9.53 Å². The first-order valence-electron chi connectivity index (χ1n) is 6.13. The molecule has 17 heavy (non-hydrogen) atoms. The number of hydrogen-bond acceptors (Lipinski definition) is 4. The molecule has 1 unspecified atom stereocenters. The van der Waals surface area contributed by atoms with E-state index in [2.05, 4.69) is 16.1 Å². The number of hydrogen-bond donors (Lipinski definition) is 1. The Kier molecular flexibility index (Phi) is 7.56. The van der Waals surface area contributed by atoms with Crippen molar-refractivity contribution in [1.82, 2.24) is 5.32 Å². The highest BCUT2D eigenvalue weighted by Gasteiger charge is 2.15. The zero-order chi connectivity index (χ0) is 13.3. The lowest BCUT2D eigenvalue weighted by atomic mass is 9.89. The van der Waals surface area contributed by atoms with E-state index in [1.807, 2.05) is 20.8 Å². The number of unbranched alkanes of at least 4 members (excludes halogenated alkanes) is 1. The van der Waals surface area contributed by atoms with Crippen molar-refractivity contribution < 1.29 is 9.53 Å². The van der Waals surface area contributed by atoms with Crippen molar-refractivity contribution in [3.8, 4) is 6.07 Å². The topological polar surface area (TPSA) is 62.1 Å². The van der Waals surface area contributed by atoms with Crippen molar-refractivity contribution >= 4 is 5.97 Å². The first-order chi connectivity index (χ1) is 7.91. The molecule has 0 rings (SSSR count). The quantitative estimate of drug-likeness (QED) is 0.522. The van der Waals surface area contributed by atoms with E-state index in [9.17, 15) is 4.79 Å². The molecule has 1 atom stereocenters. The van der Waals surface area contributed by atoms with Crippen LogP contribution in [-0.4, -0.2) is 25.7 Å². The minimum absolute atomic E-state index is 0.145. The van der Waals surface area contributed by atoms with Gasteiger partial charge in [-0.2, -0.15) is 5.26 Å². The van der Waals surface area contributed by atoms with Crippen LogP contribution in [0.3, 0.4) is 0 Å². The Labute approximate surface area is 104 Å². The molecule has 0 saturated carbocycles. The Morgan fingerprint density at radius 3 is 2.65 bits per heavy atom. The first-order valence-corrected chi connectivity index (χ1v) is 6.13. The zero-order valence-corrected chi connectivity index (χ0v) is 11.4. The van der Waals surface area contributed by atoms with Crippen LogP contribution in [0.25, 0.3) is 0 Å². The van der Waals surface area contributed by atoms with Gasteiger partial charge in [0.2, 0.25) is 0 Å². The van der Waals surface area contributed by atoms with Crippen molar-refractivity contribution in [3.05, 3.63) is 0 Å². The highest BCUT2D eigenvalue weighted by molar-refractivity contribution is 5.69. The molecule has 0 radical (unpaired) electrons. The van der Waals surface area contributed by atoms with Gasteiger partial charge in [0.05, 0.1) is 25.0 Å². The SMILES string of the molecule is COC(=O)CC(C)NCCCCC(C)(C)C#N. The maximum absolute atomic E-state index is 11.0. The molecule has 0 spiro atoms. The summed E-state index contributed by atoms with van der Waals surface area (Å²) in [4.78, 5) is 11.0. The van der Waals surface area contributed by atoms with Crippen LogP contribution < -0.4 is 5.32 Å². The van der Waals surface area contributed by atoms with E-state index < -0.39 is 0 Å². The molecule has 0 bridgehead atoms. The standard InChI is InChI=1S/C13H24N2O2/c1-11(9-12(16)17-4)15-8-6-5-7-13(2,3)10-14/h11,15H,5-9H2,1-4H3. The van der Waals surface area contributed by atoms with Crippen LogP contribution in [0.4, 0.5) is 0 Å². The summed E-state index contributed by atoms with van der Waals surface area (Å²) >= 11 is 0. The smallest absolute Gasteiger partial charge is 0.307 e. The minimum Gasteiger partial charge on any atom is -0.469 e. The zero-order valence-electron chi connectivity index (χ0n) is 11.4. The monoisotopic (exact) mass is 240 g/mol. The summed E-state index contributed by atoms with van der Waals surface area (Å²) < 4.78 is 4.59. The Morgan fingerprint density at radius 1 is 1.47 bits per heavy atom. The summed E-state index contributed by atoms with van der Waals surface area (Å²) in [6.45, 7) is 6.76. The normalized spacial score (nSPS) is 12.9. The summed E-state index contributed by atoms with van der Waals surface area (Å²) in [5.41, 5.74) is -0.225. The first kappa shape index (κ1) is 15.9. The second kappa shape index (κ2) is 8.08. The number of nitrogens with one attached hydrogen (secondary N) is 1. The second-order valence-corrected chi connectivity index (χ2v) is 5.09. The van der Waals surface area contributed by atoms with Crippen molar-refractivity contribution in [2.75, 3.05) is 13.7 Å². The molecule has 0 saturated heterocycles. The van der Waals surface area contributed by atoms with Crippen molar-refractivity contribution in [1.29, 1.82) is 5.26 Å². The van der Waals surface area contributed by atoms with Crippen LogP contribution in [0.15, 0.2) is 0 Å². The molecule has 0 aromatic heterocycles. The molecule has 0 aromatic carbocycles. The maximum atomic E-state index is 11.0. The fourth-order valence-electron chi connectivity index (χ4n) is 1.50. The van der Waals surface area contributed by atoms with Crippen LogP contribution in [0, 0.1) is 16.7 Å². The summed E-state index contributed by atoms with van der Waals surface area (Å²) in [6.07, 6.45) is 3.37. The highest BCUT2D eigenvalue weighted by atomic mass is 16.5. The van der Waals surface area contributed by atoms with Gasteiger partial charge in [0.15, 0.2) is 0 Å². The Hall–Kier alpha value is -1.08. The van der Waals surface area contributed by atoms with Gasteiger partial charge in [-0.15, -0.1) is 0 Å². The third kappa shape index (κ3) is 8.70. The number of esters is 1. The fourth-order valence-corrected chi connectivity index (χ4v) is 1.50. The number of nitriles is 1. The third-order valence-corrected chi connectivity index (χ3v) is 2.72. The van der Waals surface area contributed by atoms with Gasteiger partial charge in [-0.3, -0.25) is 4.79 Å². The van der Waals surface area contributed by atoms with E-state index in [4.69, 9.17) is 5.26 Å². The number of carbonyl (C=O) groups excluding carboxylic acids is 1. The molecule has 0 heterocycles. The fraction of sp³-hybridized carbons (Fsp3) is 0.846. The van der Waals surface area contributed by atoms with Crippen LogP contribution in [0.2, 0.25) is 0 Å². The van der Waals surface area contributed by atoms with E-state index in [1.54, 1.807) is 0 Å². The molecule has 0 fully saturated rings. The molecular formula is C13H24N2O2. The summed E-state index contributed by atoms with van der Waals surface area (Å²) in [5, 5.41) is 12.1. The number of ether oxygens (including phenoxy) is 1. The van der Waals surface area contributed by atoms with Gasteiger partial charge in [0, 0.05) is 6.04 Å². The summed E-state index contributed by atoms with van der Waals surface area (Å²) in [7, 11) is 1.40. The summed E-state index contributed by atoms with van der Waals surface area (Å²) in [5.74, 6) is -0.185. The lowest BCUT2D eigenvalue weighted by Gasteiger charge is -2.15. The van der Waals surface area contributed by atoms with Gasteiger partial charge in [-0.05, 0) is 40.2 Å². The molecule has 1 N–H and O–H groups in total. The van der Waals surface area contributed by atoms with E-state index >= 15 is 0 Å². The largest absolute Gasteiger partial charge is 0.469 e. The molecule has 0 aromatic rings. The Morgan fingerprint density at radius 2 is 2.12 bits per heavy atom.